The molecule has 1 saturated carbocycles. The van der Waals surface area contributed by atoms with Crippen LogP contribution in [0.4, 0.5) is 0 Å². The first kappa shape index (κ1) is 16.6. The highest BCUT2D eigenvalue weighted by Crippen LogP contribution is 2.42. The Morgan fingerprint density at radius 1 is 1.04 bits per heavy atom. The van der Waals surface area contributed by atoms with E-state index in [0.29, 0.717) is 18.6 Å². The van der Waals surface area contributed by atoms with Gasteiger partial charge in [0.25, 0.3) is 0 Å². The number of nitrogens with zero attached hydrogens (tertiary/aromatic N) is 1. The Hall–Kier alpha value is -0.900. The van der Waals surface area contributed by atoms with Gasteiger partial charge in [-0.25, -0.2) is 0 Å². The van der Waals surface area contributed by atoms with Crippen LogP contribution in [0, 0.1) is 5.92 Å². The molecule has 1 aromatic carbocycles. The van der Waals surface area contributed by atoms with Crippen LogP contribution in [0.5, 0.6) is 0 Å². The Labute approximate surface area is 146 Å². The fourth-order valence-electron chi connectivity index (χ4n) is 5.38. The second kappa shape index (κ2) is 6.78. The highest BCUT2D eigenvalue weighted by atomic mass is 16.5. The third-order valence-corrected chi connectivity index (χ3v) is 6.93. The van der Waals surface area contributed by atoms with Gasteiger partial charge >= 0.3 is 0 Å². The molecule has 1 N–H and O–H groups in total. The quantitative estimate of drug-likeness (QED) is 0.894. The van der Waals surface area contributed by atoms with E-state index in [2.05, 4.69) is 24.1 Å². The minimum Gasteiger partial charge on any atom is -0.382 e. The molecule has 2 saturated heterocycles. The van der Waals surface area contributed by atoms with Crippen molar-refractivity contribution in [1.82, 2.24) is 4.90 Å². The fraction of sp³-hybridized carbons (Fsp3) is 0.714. The molecule has 0 amide bonds. The summed E-state index contributed by atoms with van der Waals surface area (Å²) in [6.45, 7) is 0.446. The minimum absolute atomic E-state index is 0.283. The summed E-state index contributed by atoms with van der Waals surface area (Å²) >= 11 is 0. The van der Waals surface area contributed by atoms with E-state index in [9.17, 15) is 5.11 Å². The average Bonchev–Trinajstić information content (AvgIpc) is 3.22. The lowest BCUT2D eigenvalue weighted by Crippen LogP contribution is -2.48. The van der Waals surface area contributed by atoms with E-state index in [1.807, 2.05) is 18.2 Å². The molecular weight excluding hydrogens is 298 g/mol. The van der Waals surface area contributed by atoms with Gasteiger partial charge in [-0.3, -0.25) is 4.90 Å². The first-order valence-corrected chi connectivity index (χ1v) is 9.80. The molecule has 132 valence electrons. The van der Waals surface area contributed by atoms with Crippen LogP contribution in [0.25, 0.3) is 0 Å². The Bertz CT molecular complexity index is 542. The Morgan fingerprint density at radius 2 is 1.75 bits per heavy atom. The molecule has 0 spiro atoms. The zero-order chi connectivity index (χ0) is 16.6. The molecule has 3 fully saturated rings. The van der Waals surface area contributed by atoms with E-state index in [1.54, 1.807) is 0 Å². The van der Waals surface area contributed by atoms with Crippen molar-refractivity contribution in [2.45, 2.75) is 75.2 Å². The number of benzene rings is 1. The maximum absolute atomic E-state index is 11.6. The van der Waals surface area contributed by atoms with Gasteiger partial charge in [0, 0.05) is 12.1 Å². The van der Waals surface area contributed by atoms with Gasteiger partial charge in [0.1, 0.15) is 5.60 Å². The van der Waals surface area contributed by atoms with Gasteiger partial charge in [-0.05, 0) is 57.1 Å². The average molecular weight is 329 g/mol. The Kier molecular flexibility index (Phi) is 4.68. The molecule has 4 rings (SSSR count). The first-order chi connectivity index (χ1) is 11.7. The van der Waals surface area contributed by atoms with Gasteiger partial charge in [-0.2, -0.15) is 0 Å². The lowest BCUT2D eigenvalue weighted by Gasteiger charge is -2.40. The number of ether oxygens (including phenoxy) is 1. The summed E-state index contributed by atoms with van der Waals surface area (Å²) in [6.07, 6.45) is 9.93. The summed E-state index contributed by atoms with van der Waals surface area (Å²) in [5.41, 5.74) is 0.205. The summed E-state index contributed by atoms with van der Waals surface area (Å²) in [5, 5.41) is 11.6. The molecule has 4 atom stereocenters. The fourth-order valence-corrected chi connectivity index (χ4v) is 5.38. The van der Waals surface area contributed by atoms with Gasteiger partial charge < -0.3 is 9.84 Å². The van der Waals surface area contributed by atoms with Crippen molar-refractivity contribution in [2.24, 2.45) is 5.92 Å². The van der Waals surface area contributed by atoms with Crippen LogP contribution in [-0.2, 0) is 10.3 Å². The predicted octanol–water partition coefficient (Wildman–Crippen LogP) is 3.71. The van der Waals surface area contributed by atoms with Crippen LogP contribution in [0.3, 0.4) is 0 Å². The van der Waals surface area contributed by atoms with Gasteiger partial charge in [-0.1, -0.05) is 43.2 Å². The normalized spacial score (nSPS) is 33.7. The largest absolute Gasteiger partial charge is 0.382 e. The summed E-state index contributed by atoms with van der Waals surface area (Å²) in [5.74, 6) is 0.331. The summed E-state index contributed by atoms with van der Waals surface area (Å²) < 4.78 is 6.42. The number of fused-ring (bicyclic) bond motifs is 2. The van der Waals surface area contributed by atoms with E-state index in [-0.39, 0.29) is 6.10 Å². The Balaban J connectivity index is 1.50. The molecule has 3 aliphatic rings. The molecular formula is C21H31NO2. The van der Waals surface area contributed by atoms with E-state index < -0.39 is 5.60 Å². The highest BCUT2D eigenvalue weighted by Gasteiger charge is 2.44. The maximum Gasteiger partial charge on any atom is 0.116 e. The van der Waals surface area contributed by atoms with Crippen molar-refractivity contribution < 1.29 is 9.84 Å². The molecule has 3 nitrogen and oxygen atoms in total. The molecule has 2 aliphatic heterocycles. The van der Waals surface area contributed by atoms with Crippen molar-refractivity contribution in [3.05, 3.63) is 35.9 Å². The van der Waals surface area contributed by atoms with Crippen LogP contribution >= 0.6 is 0 Å². The first-order valence-electron chi connectivity index (χ1n) is 9.80. The van der Waals surface area contributed by atoms with Crippen LogP contribution in [0.2, 0.25) is 0 Å². The number of rotatable bonds is 5. The molecule has 1 aromatic rings. The van der Waals surface area contributed by atoms with Gasteiger partial charge in [0.15, 0.2) is 0 Å². The molecule has 0 aromatic heterocycles. The summed E-state index contributed by atoms with van der Waals surface area (Å²) in [6, 6.07) is 11.5. The highest BCUT2D eigenvalue weighted by molar-refractivity contribution is 5.24. The van der Waals surface area contributed by atoms with Crippen molar-refractivity contribution in [1.29, 1.82) is 0 Å². The molecule has 24 heavy (non-hydrogen) atoms. The van der Waals surface area contributed by atoms with Crippen molar-refractivity contribution in [3.63, 3.8) is 0 Å². The van der Waals surface area contributed by atoms with Crippen molar-refractivity contribution in [3.8, 4) is 0 Å². The predicted molar refractivity (Wildman–Crippen MR) is 95.8 cm³/mol. The molecule has 3 heteroatoms. The van der Waals surface area contributed by atoms with Crippen molar-refractivity contribution in [2.75, 3.05) is 13.7 Å². The number of likely N-dealkylation sites (N-methyl/N-ethyl adjacent to an activating group) is 1. The number of hydrogen-bond acceptors (Lipinski definition) is 3. The van der Waals surface area contributed by atoms with Crippen LogP contribution in [0.1, 0.15) is 56.9 Å². The van der Waals surface area contributed by atoms with E-state index in [4.69, 9.17) is 4.74 Å². The lowest BCUT2D eigenvalue weighted by atomic mass is 9.80. The minimum atomic E-state index is -0.828. The zero-order valence-corrected chi connectivity index (χ0v) is 14.9. The van der Waals surface area contributed by atoms with Crippen LogP contribution in [-0.4, -0.2) is 41.8 Å². The number of hydrogen-bond donors (Lipinski definition) is 1. The SMILES string of the molecule is CN1C2CC[C@@H](OC[C@@](O)(c3ccccc3)C3CCCC3)[C@@H]1CC2. The summed E-state index contributed by atoms with van der Waals surface area (Å²) in [7, 11) is 2.25. The summed E-state index contributed by atoms with van der Waals surface area (Å²) in [4.78, 5) is 2.52. The molecule has 2 heterocycles. The third kappa shape index (κ3) is 2.91. The Morgan fingerprint density at radius 3 is 2.50 bits per heavy atom. The van der Waals surface area contributed by atoms with Gasteiger partial charge in [0.2, 0.25) is 0 Å². The lowest BCUT2D eigenvalue weighted by molar-refractivity contribution is -0.129. The molecule has 1 unspecified atom stereocenters. The van der Waals surface area contributed by atoms with Gasteiger partial charge in [-0.15, -0.1) is 0 Å². The molecule has 0 radical (unpaired) electrons. The van der Waals surface area contributed by atoms with E-state index in [1.165, 1.54) is 32.1 Å². The maximum atomic E-state index is 11.6. The second-order valence-corrected chi connectivity index (χ2v) is 8.16. The standard InChI is InChI=1S/C21H31NO2/c1-22-18-11-13-19(22)20(14-12-18)24-15-21(23,17-9-5-6-10-17)16-7-3-2-4-8-16/h2-4,7-8,17-20,23H,5-6,9-15H2,1H3/t18?,19-,20+,21+/m0/s1. The smallest absolute Gasteiger partial charge is 0.116 e. The number of aliphatic hydroxyl groups is 1. The van der Waals surface area contributed by atoms with Gasteiger partial charge in [0.05, 0.1) is 12.7 Å². The number of piperidine rings is 1. The van der Waals surface area contributed by atoms with Crippen LogP contribution < -0.4 is 0 Å². The van der Waals surface area contributed by atoms with Crippen molar-refractivity contribution >= 4 is 0 Å². The third-order valence-electron chi connectivity index (χ3n) is 6.93. The van der Waals surface area contributed by atoms with E-state index >= 15 is 0 Å². The zero-order valence-electron chi connectivity index (χ0n) is 14.9. The second-order valence-electron chi connectivity index (χ2n) is 8.16. The molecule has 1 aliphatic carbocycles. The monoisotopic (exact) mass is 329 g/mol. The van der Waals surface area contributed by atoms with E-state index in [0.717, 1.165) is 30.9 Å². The van der Waals surface area contributed by atoms with Crippen LogP contribution in [0.15, 0.2) is 30.3 Å². The molecule has 2 bridgehead atoms. The topological polar surface area (TPSA) is 32.7 Å².